The van der Waals surface area contributed by atoms with Gasteiger partial charge >= 0.3 is 19.5 Å². The number of carbonyl (C=O) groups is 1. The Morgan fingerprint density at radius 1 is 1.80 bits per heavy atom. The summed E-state index contributed by atoms with van der Waals surface area (Å²) in [6, 6.07) is 0. The first kappa shape index (κ1) is 8.92. The minimum atomic E-state index is -0.833. The van der Waals surface area contributed by atoms with Crippen LogP contribution < -0.4 is 0 Å². The van der Waals surface area contributed by atoms with Gasteiger partial charge in [-0.3, -0.25) is 4.79 Å². The van der Waals surface area contributed by atoms with Crippen LogP contribution in [0.15, 0.2) is 0 Å². The van der Waals surface area contributed by atoms with Crippen molar-refractivity contribution in [2.45, 2.75) is 6.92 Å². The van der Waals surface area contributed by atoms with Crippen molar-refractivity contribution in [2.24, 2.45) is 0 Å². The molecule has 0 aliphatic carbocycles. The second kappa shape index (κ2) is 4.09. The van der Waals surface area contributed by atoms with Crippen LogP contribution in [0.4, 0.5) is 0 Å². The predicted octanol–water partition coefficient (Wildman–Crippen LogP) is 0.0884. The molecule has 5 heavy (non-hydrogen) atoms. The maximum absolute atomic E-state index is 9.00. The molecule has 0 bridgehead atoms. The van der Waals surface area contributed by atoms with E-state index in [9.17, 15) is 0 Å². The molecule has 1 N–H and O–H groups in total. The van der Waals surface area contributed by atoms with Gasteiger partial charge in [-0.1, -0.05) is 0 Å². The van der Waals surface area contributed by atoms with E-state index in [-0.39, 0.29) is 19.5 Å². The zero-order valence-corrected chi connectivity index (χ0v) is 4.33. The first-order valence-corrected chi connectivity index (χ1v) is 0.928. The van der Waals surface area contributed by atoms with E-state index in [1.54, 1.807) is 0 Å². The molecular weight excluding hydrogens is 159 g/mol. The molecule has 0 rings (SSSR count). The van der Waals surface area contributed by atoms with Crippen LogP contribution in [0, 0.1) is 0 Å². The second-order valence-electron chi connectivity index (χ2n) is 0.519. The van der Waals surface area contributed by atoms with Crippen molar-refractivity contribution < 1.29 is 29.4 Å². The first-order chi connectivity index (χ1) is 1.73. The van der Waals surface area contributed by atoms with Crippen LogP contribution in [0.25, 0.3) is 0 Å². The van der Waals surface area contributed by atoms with Crippen molar-refractivity contribution in [1.82, 2.24) is 0 Å². The first-order valence-electron chi connectivity index (χ1n) is 0.928. The molecule has 0 aromatic carbocycles. The Balaban J connectivity index is 0. The average molecular weight is 163 g/mol. The number of hydrogen-bond donors (Lipinski definition) is 1. The third-order valence-corrected chi connectivity index (χ3v) is 0. The molecule has 0 saturated heterocycles. The fraction of sp³-hybridized carbons (Fsp3) is 0.500. The van der Waals surface area contributed by atoms with Crippen molar-refractivity contribution in [3.05, 3.63) is 0 Å². The van der Waals surface area contributed by atoms with Crippen molar-refractivity contribution in [2.75, 3.05) is 0 Å². The molecule has 0 radical (unpaired) electrons. The summed E-state index contributed by atoms with van der Waals surface area (Å²) < 4.78 is 0. The van der Waals surface area contributed by atoms with Gasteiger partial charge in [0.2, 0.25) is 0 Å². The van der Waals surface area contributed by atoms with Crippen LogP contribution in [0.2, 0.25) is 0 Å². The fourth-order valence-corrected chi connectivity index (χ4v) is 0. The number of rotatable bonds is 0. The summed E-state index contributed by atoms with van der Waals surface area (Å²) in [5.41, 5.74) is 0. The van der Waals surface area contributed by atoms with Crippen molar-refractivity contribution in [1.29, 1.82) is 0 Å². The zero-order valence-electron chi connectivity index (χ0n) is 2.69. The summed E-state index contributed by atoms with van der Waals surface area (Å²) in [7, 11) is 0. The molecule has 0 heterocycles. The Morgan fingerprint density at radius 2 is 1.80 bits per heavy atom. The van der Waals surface area contributed by atoms with Crippen LogP contribution in [-0.2, 0) is 24.3 Å². The van der Waals surface area contributed by atoms with Gasteiger partial charge in [0, 0.05) is 6.92 Å². The van der Waals surface area contributed by atoms with E-state index in [1.165, 1.54) is 0 Å². The zero-order chi connectivity index (χ0) is 3.58. The molecule has 30 valence electrons. The number of hydrogen-bond acceptors (Lipinski definition) is 1. The third kappa shape index (κ3) is 2060. The molecule has 0 aromatic heterocycles. The van der Waals surface area contributed by atoms with E-state index in [2.05, 4.69) is 0 Å². The van der Waals surface area contributed by atoms with Crippen LogP contribution in [0.1, 0.15) is 6.92 Å². The van der Waals surface area contributed by atoms with Gasteiger partial charge in [-0.15, -0.1) is 0 Å². The maximum Gasteiger partial charge on any atom is 3.00 e. The van der Waals surface area contributed by atoms with Gasteiger partial charge in [-0.05, 0) is 0 Å². The summed E-state index contributed by atoms with van der Waals surface area (Å²) in [6.45, 7) is 1.08. The molecule has 0 aliphatic heterocycles. The average Bonchev–Trinajstić information content (AvgIpc) is 0.811. The van der Waals surface area contributed by atoms with Crippen LogP contribution >= 0.6 is 0 Å². The Labute approximate surface area is 42.9 Å². The standard InChI is InChI=1S/C2H4O2.Rh/c1-2(3)4;/h1H3,(H,3,4);/q;+3. The Hall–Kier alpha value is 0.0934. The van der Waals surface area contributed by atoms with Crippen LogP contribution in [0.5, 0.6) is 0 Å². The smallest absolute Gasteiger partial charge is 0.481 e. The van der Waals surface area contributed by atoms with E-state index in [1.807, 2.05) is 0 Å². The van der Waals surface area contributed by atoms with E-state index in [0.29, 0.717) is 0 Å². The molecule has 3 heteroatoms. The van der Waals surface area contributed by atoms with Crippen LogP contribution in [0.3, 0.4) is 0 Å². The Kier molecular flexibility index (Phi) is 7.30. The Bertz CT molecular complexity index is 30.6. The topological polar surface area (TPSA) is 37.3 Å². The van der Waals surface area contributed by atoms with Crippen molar-refractivity contribution in [3.8, 4) is 0 Å². The predicted molar refractivity (Wildman–Crippen MR) is 13.3 cm³/mol. The molecule has 0 saturated carbocycles. The molecular formula is C2H4O2Rh+3. The molecule has 0 spiro atoms. The van der Waals surface area contributed by atoms with Gasteiger partial charge in [-0.2, -0.15) is 0 Å². The van der Waals surface area contributed by atoms with Gasteiger partial charge in [0.1, 0.15) is 0 Å². The van der Waals surface area contributed by atoms with Gasteiger partial charge in [-0.25, -0.2) is 0 Å². The van der Waals surface area contributed by atoms with E-state index >= 15 is 0 Å². The van der Waals surface area contributed by atoms with E-state index in [4.69, 9.17) is 9.90 Å². The van der Waals surface area contributed by atoms with Crippen molar-refractivity contribution >= 4 is 5.97 Å². The van der Waals surface area contributed by atoms with E-state index < -0.39 is 5.97 Å². The minimum absolute atomic E-state index is 0. The van der Waals surface area contributed by atoms with E-state index in [0.717, 1.165) is 6.92 Å². The van der Waals surface area contributed by atoms with Gasteiger partial charge in [0.05, 0.1) is 0 Å². The molecule has 0 unspecified atom stereocenters. The quantitative estimate of drug-likeness (QED) is 0.513. The molecule has 0 aromatic rings. The number of carboxylic acids is 1. The Morgan fingerprint density at radius 3 is 1.80 bits per heavy atom. The molecule has 0 amide bonds. The number of carboxylic acid groups (broad SMARTS) is 1. The summed E-state index contributed by atoms with van der Waals surface area (Å²) in [6.07, 6.45) is 0. The monoisotopic (exact) mass is 163 g/mol. The molecule has 2 nitrogen and oxygen atoms in total. The van der Waals surface area contributed by atoms with Crippen molar-refractivity contribution in [3.63, 3.8) is 0 Å². The third-order valence-electron chi connectivity index (χ3n) is 0. The fourth-order valence-electron chi connectivity index (χ4n) is 0. The largest absolute Gasteiger partial charge is 3.00 e. The van der Waals surface area contributed by atoms with Gasteiger partial charge < -0.3 is 5.11 Å². The molecule has 0 aliphatic rings. The van der Waals surface area contributed by atoms with Gasteiger partial charge in [0.15, 0.2) is 0 Å². The summed E-state index contributed by atoms with van der Waals surface area (Å²) in [4.78, 5) is 9.00. The maximum atomic E-state index is 9.00. The summed E-state index contributed by atoms with van der Waals surface area (Å²) >= 11 is 0. The number of aliphatic carboxylic acids is 1. The molecule has 0 atom stereocenters. The second-order valence-corrected chi connectivity index (χ2v) is 0.519. The normalized spacial score (nSPS) is 5.00. The van der Waals surface area contributed by atoms with Gasteiger partial charge in [0.25, 0.3) is 5.97 Å². The SMILES string of the molecule is CC(=O)O.[Rh+3]. The summed E-state index contributed by atoms with van der Waals surface area (Å²) in [5.74, 6) is -0.833. The molecule has 0 fully saturated rings. The summed E-state index contributed by atoms with van der Waals surface area (Å²) in [5, 5.41) is 7.42. The van der Waals surface area contributed by atoms with Crippen LogP contribution in [-0.4, -0.2) is 11.1 Å². The minimum Gasteiger partial charge on any atom is -0.481 e.